The number of carbonyl (C=O) groups excluding carboxylic acids is 2. The van der Waals surface area contributed by atoms with Crippen molar-refractivity contribution in [1.29, 1.82) is 0 Å². The van der Waals surface area contributed by atoms with E-state index in [1.54, 1.807) is 24.3 Å². The quantitative estimate of drug-likeness (QED) is 0.846. The van der Waals surface area contributed by atoms with Crippen LogP contribution < -0.4 is 10.1 Å². The summed E-state index contributed by atoms with van der Waals surface area (Å²) in [5.74, 6) is 0.307. The van der Waals surface area contributed by atoms with Gasteiger partial charge in [0.05, 0.1) is 7.11 Å². The molecule has 1 aliphatic heterocycles. The number of nitrogens with zero attached hydrogens (tertiary/aromatic N) is 1. The highest BCUT2D eigenvalue weighted by Gasteiger charge is 2.27. The fraction of sp³-hybridized carbons (Fsp3) is 0.500. The zero-order valence-corrected chi connectivity index (χ0v) is 14.2. The fourth-order valence-corrected chi connectivity index (χ4v) is 3.03. The molecule has 0 radical (unpaired) electrons. The highest BCUT2D eigenvalue weighted by molar-refractivity contribution is 5.98. The van der Waals surface area contributed by atoms with Gasteiger partial charge in [-0.25, -0.2) is 14.6 Å². The highest BCUT2D eigenvalue weighted by Crippen LogP contribution is 2.20. The van der Waals surface area contributed by atoms with Crippen LogP contribution in [0.15, 0.2) is 29.3 Å². The highest BCUT2D eigenvalue weighted by atomic mass is 16.6. The third-order valence-corrected chi connectivity index (χ3v) is 4.34. The predicted molar refractivity (Wildman–Crippen MR) is 90.8 cm³/mol. The Morgan fingerprint density at radius 2 is 2.04 bits per heavy atom. The number of benzene rings is 1. The Balaban J connectivity index is 1.61. The molecule has 1 atom stereocenters. The molecule has 1 aromatic rings. The summed E-state index contributed by atoms with van der Waals surface area (Å²) >= 11 is 0. The number of rotatable bonds is 4. The Labute approximate surface area is 146 Å². The van der Waals surface area contributed by atoms with Crippen LogP contribution >= 0.6 is 0 Å². The van der Waals surface area contributed by atoms with Gasteiger partial charge in [0.15, 0.2) is 6.04 Å². The zero-order valence-electron chi connectivity index (χ0n) is 14.2. The average Bonchev–Trinajstić information content (AvgIpc) is 3.12. The van der Waals surface area contributed by atoms with Crippen molar-refractivity contribution in [2.75, 3.05) is 13.7 Å². The monoisotopic (exact) mass is 346 g/mol. The van der Waals surface area contributed by atoms with Crippen LogP contribution in [0.1, 0.15) is 37.7 Å². The first-order valence-electron chi connectivity index (χ1n) is 8.53. The SMILES string of the molecule is COC(=O)[C@H]1COC(c2cccc(OC(=O)NC3CCCCC3)c2)=N1. The van der Waals surface area contributed by atoms with Crippen LogP contribution in [-0.2, 0) is 14.3 Å². The minimum absolute atomic E-state index is 0.148. The van der Waals surface area contributed by atoms with Crippen LogP contribution in [0, 0.1) is 0 Å². The molecular formula is C18H22N2O5. The zero-order chi connectivity index (χ0) is 17.6. The summed E-state index contributed by atoms with van der Waals surface area (Å²) in [6.07, 6.45) is 5.04. The Hall–Kier alpha value is -2.57. The fourth-order valence-electron chi connectivity index (χ4n) is 3.03. The van der Waals surface area contributed by atoms with E-state index in [2.05, 4.69) is 15.0 Å². The van der Waals surface area contributed by atoms with Crippen molar-refractivity contribution in [3.63, 3.8) is 0 Å². The smallest absolute Gasteiger partial charge is 0.412 e. The van der Waals surface area contributed by atoms with E-state index >= 15 is 0 Å². The maximum Gasteiger partial charge on any atom is 0.412 e. The number of ether oxygens (including phenoxy) is 3. The Kier molecular flexibility index (Phi) is 5.53. The average molecular weight is 346 g/mol. The second-order valence-corrected chi connectivity index (χ2v) is 6.18. The standard InChI is InChI=1S/C18H22N2O5/c1-23-17(21)15-11-24-16(20-15)12-6-5-9-14(10-12)25-18(22)19-13-7-3-2-4-8-13/h5-6,9-10,13,15H,2-4,7-8,11H2,1H3,(H,19,22)/t15-/m1/s1. The van der Waals surface area contributed by atoms with Crippen molar-refractivity contribution in [3.8, 4) is 5.75 Å². The van der Waals surface area contributed by atoms with Crippen LogP contribution in [0.25, 0.3) is 0 Å². The van der Waals surface area contributed by atoms with E-state index in [0.717, 1.165) is 25.7 Å². The van der Waals surface area contributed by atoms with Gasteiger partial charge in [-0.1, -0.05) is 25.3 Å². The van der Waals surface area contributed by atoms with Gasteiger partial charge in [-0.15, -0.1) is 0 Å². The summed E-state index contributed by atoms with van der Waals surface area (Å²) in [6, 6.07) is 6.42. The number of amides is 1. The maximum atomic E-state index is 12.0. The first kappa shape index (κ1) is 17.3. The first-order valence-corrected chi connectivity index (χ1v) is 8.53. The number of nitrogens with one attached hydrogen (secondary N) is 1. The van der Waals surface area contributed by atoms with E-state index in [1.807, 2.05) is 0 Å². The van der Waals surface area contributed by atoms with E-state index in [9.17, 15) is 9.59 Å². The number of hydrogen-bond donors (Lipinski definition) is 1. The van der Waals surface area contributed by atoms with Crippen molar-refractivity contribution in [2.45, 2.75) is 44.2 Å². The van der Waals surface area contributed by atoms with E-state index in [4.69, 9.17) is 9.47 Å². The molecule has 7 heteroatoms. The van der Waals surface area contributed by atoms with Crippen LogP contribution in [-0.4, -0.2) is 43.8 Å². The largest absolute Gasteiger partial charge is 0.475 e. The molecule has 1 amide bonds. The first-order chi connectivity index (χ1) is 12.2. The molecule has 7 nitrogen and oxygen atoms in total. The molecule has 1 fully saturated rings. The van der Waals surface area contributed by atoms with E-state index in [-0.39, 0.29) is 12.6 Å². The Morgan fingerprint density at radius 3 is 2.80 bits per heavy atom. The van der Waals surface area contributed by atoms with Crippen LogP contribution in [0.5, 0.6) is 5.75 Å². The van der Waals surface area contributed by atoms with Gasteiger partial charge in [-0.2, -0.15) is 0 Å². The topological polar surface area (TPSA) is 86.2 Å². The van der Waals surface area contributed by atoms with Gasteiger partial charge in [-0.05, 0) is 31.0 Å². The van der Waals surface area contributed by atoms with E-state index in [1.165, 1.54) is 13.5 Å². The summed E-state index contributed by atoms with van der Waals surface area (Å²) in [7, 11) is 1.31. The second-order valence-electron chi connectivity index (χ2n) is 6.18. The maximum absolute atomic E-state index is 12.0. The van der Waals surface area contributed by atoms with Crippen molar-refractivity contribution < 1.29 is 23.8 Å². The van der Waals surface area contributed by atoms with Gasteiger partial charge in [0.25, 0.3) is 0 Å². The molecule has 0 spiro atoms. The summed E-state index contributed by atoms with van der Waals surface area (Å²) in [5.41, 5.74) is 0.648. The molecule has 0 bridgehead atoms. The van der Waals surface area contributed by atoms with Crippen molar-refractivity contribution >= 4 is 18.0 Å². The molecule has 1 N–H and O–H groups in total. The number of carbonyl (C=O) groups is 2. The van der Waals surface area contributed by atoms with Gasteiger partial charge < -0.3 is 19.5 Å². The molecule has 3 rings (SSSR count). The Morgan fingerprint density at radius 1 is 1.24 bits per heavy atom. The summed E-state index contributed by atoms with van der Waals surface area (Å²) < 4.78 is 15.5. The van der Waals surface area contributed by atoms with Gasteiger partial charge in [0.1, 0.15) is 12.4 Å². The third-order valence-electron chi connectivity index (χ3n) is 4.34. The molecule has 1 aliphatic carbocycles. The predicted octanol–water partition coefficient (Wildman–Crippen LogP) is 2.43. The number of methoxy groups -OCH3 is 1. The number of hydrogen-bond acceptors (Lipinski definition) is 6. The lowest BCUT2D eigenvalue weighted by molar-refractivity contribution is -0.142. The minimum atomic E-state index is -0.654. The number of esters is 1. The van der Waals surface area contributed by atoms with Crippen molar-refractivity contribution in [1.82, 2.24) is 5.32 Å². The molecule has 0 aromatic heterocycles. The van der Waals surface area contributed by atoms with Crippen LogP contribution in [0.3, 0.4) is 0 Å². The van der Waals surface area contributed by atoms with Gasteiger partial charge in [0.2, 0.25) is 5.90 Å². The molecular weight excluding hydrogens is 324 g/mol. The van der Waals surface area contributed by atoms with Gasteiger partial charge >= 0.3 is 12.1 Å². The molecule has 2 aliphatic rings. The van der Waals surface area contributed by atoms with Gasteiger partial charge in [0, 0.05) is 11.6 Å². The normalized spacial score (nSPS) is 20.4. The molecule has 0 unspecified atom stereocenters. The summed E-state index contributed by atoms with van der Waals surface area (Å²) in [6.45, 7) is 0.148. The number of aliphatic imine (C=N–C) groups is 1. The lowest BCUT2D eigenvalue weighted by Crippen LogP contribution is -2.38. The van der Waals surface area contributed by atoms with E-state index < -0.39 is 18.1 Å². The van der Waals surface area contributed by atoms with Crippen LogP contribution in [0.2, 0.25) is 0 Å². The van der Waals surface area contributed by atoms with Crippen molar-refractivity contribution in [3.05, 3.63) is 29.8 Å². The van der Waals surface area contributed by atoms with Crippen molar-refractivity contribution in [2.24, 2.45) is 4.99 Å². The summed E-state index contributed by atoms with van der Waals surface area (Å²) in [5, 5.41) is 2.90. The third kappa shape index (κ3) is 4.49. The molecule has 0 saturated heterocycles. The Bertz CT molecular complexity index is 667. The summed E-state index contributed by atoms with van der Waals surface area (Å²) in [4.78, 5) is 27.7. The molecule has 1 saturated carbocycles. The van der Waals surface area contributed by atoms with Gasteiger partial charge in [-0.3, -0.25) is 0 Å². The van der Waals surface area contributed by atoms with Crippen LogP contribution in [0.4, 0.5) is 4.79 Å². The molecule has 134 valence electrons. The lowest BCUT2D eigenvalue weighted by atomic mass is 9.96. The molecule has 1 heterocycles. The lowest BCUT2D eigenvalue weighted by Gasteiger charge is -2.22. The van der Waals surface area contributed by atoms with E-state index in [0.29, 0.717) is 17.2 Å². The minimum Gasteiger partial charge on any atom is -0.475 e. The molecule has 1 aromatic carbocycles. The molecule has 25 heavy (non-hydrogen) atoms. The second kappa shape index (κ2) is 8.00.